The molecular formula is C12H18N4S. The normalized spacial score (nSPS) is 12.9. The van der Waals surface area contributed by atoms with Crippen molar-refractivity contribution in [1.82, 2.24) is 15.2 Å². The van der Waals surface area contributed by atoms with E-state index in [-0.39, 0.29) is 6.04 Å². The summed E-state index contributed by atoms with van der Waals surface area (Å²) >= 11 is 1.80. The van der Waals surface area contributed by atoms with Crippen LogP contribution in [-0.2, 0) is 13.5 Å². The highest BCUT2D eigenvalue weighted by Crippen LogP contribution is 2.25. The van der Waals surface area contributed by atoms with E-state index >= 15 is 0 Å². The Labute approximate surface area is 105 Å². The van der Waals surface area contributed by atoms with Crippen molar-refractivity contribution in [1.29, 1.82) is 0 Å². The van der Waals surface area contributed by atoms with Crippen LogP contribution in [0.1, 0.15) is 27.9 Å². The average Bonchev–Trinajstić information content (AvgIpc) is 2.90. The van der Waals surface area contributed by atoms with Crippen molar-refractivity contribution in [2.45, 2.75) is 25.8 Å². The topological polar surface area (TPSA) is 55.9 Å². The predicted octanol–water partition coefficient (Wildman–Crippen LogP) is 1.93. The number of nitrogens with two attached hydrogens (primary N) is 1. The molecule has 2 aromatic heterocycles. The first kappa shape index (κ1) is 12.3. The van der Waals surface area contributed by atoms with Crippen LogP contribution in [0.4, 0.5) is 0 Å². The molecule has 1 unspecified atom stereocenters. The van der Waals surface area contributed by atoms with Gasteiger partial charge in [-0.1, -0.05) is 0 Å². The molecule has 0 saturated carbocycles. The molecule has 0 aliphatic heterocycles. The van der Waals surface area contributed by atoms with Crippen LogP contribution < -0.4 is 11.3 Å². The smallest absolute Gasteiger partial charge is 0.0557 e. The van der Waals surface area contributed by atoms with Gasteiger partial charge in [0.15, 0.2) is 0 Å². The summed E-state index contributed by atoms with van der Waals surface area (Å²) in [7, 11) is 1.97. The molecule has 2 heterocycles. The summed E-state index contributed by atoms with van der Waals surface area (Å²) in [6, 6.07) is 6.55. The molecule has 2 rings (SSSR count). The Hall–Kier alpha value is -1.17. The predicted molar refractivity (Wildman–Crippen MR) is 70.6 cm³/mol. The zero-order valence-corrected chi connectivity index (χ0v) is 11.0. The lowest BCUT2D eigenvalue weighted by atomic mass is 10.1. The Kier molecular flexibility index (Phi) is 3.93. The van der Waals surface area contributed by atoms with Crippen LogP contribution in [0.25, 0.3) is 0 Å². The van der Waals surface area contributed by atoms with Gasteiger partial charge in [0.05, 0.1) is 6.04 Å². The van der Waals surface area contributed by atoms with Gasteiger partial charge in [0, 0.05) is 28.7 Å². The van der Waals surface area contributed by atoms with Gasteiger partial charge in [0.25, 0.3) is 0 Å². The van der Waals surface area contributed by atoms with Crippen molar-refractivity contribution < 1.29 is 0 Å². The lowest BCUT2D eigenvalue weighted by Gasteiger charge is -2.14. The van der Waals surface area contributed by atoms with E-state index in [1.807, 2.05) is 24.0 Å². The summed E-state index contributed by atoms with van der Waals surface area (Å²) in [5.74, 6) is 5.63. The second-order valence-corrected chi connectivity index (χ2v) is 5.47. The van der Waals surface area contributed by atoms with E-state index in [1.165, 1.54) is 15.4 Å². The minimum Gasteiger partial charge on any atom is -0.273 e. The molecule has 0 amide bonds. The molecule has 0 fully saturated rings. The lowest BCUT2D eigenvalue weighted by molar-refractivity contribution is 0.514. The highest BCUT2D eigenvalue weighted by Gasteiger charge is 2.12. The minimum absolute atomic E-state index is 0.226. The summed E-state index contributed by atoms with van der Waals surface area (Å²) in [5, 5.41) is 4.16. The van der Waals surface area contributed by atoms with Gasteiger partial charge >= 0.3 is 0 Å². The summed E-state index contributed by atoms with van der Waals surface area (Å²) in [6.07, 6.45) is 3.79. The maximum atomic E-state index is 5.63. The number of hydrazine groups is 1. The molecule has 0 radical (unpaired) electrons. The van der Waals surface area contributed by atoms with Gasteiger partial charge in [-0.05, 0) is 38.0 Å². The van der Waals surface area contributed by atoms with Crippen LogP contribution in [0.5, 0.6) is 0 Å². The first-order valence-corrected chi connectivity index (χ1v) is 6.51. The summed E-state index contributed by atoms with van der Waals surface area (Å²) in [4.78, 5) is 2.62. The number of nitrogens with zero attached hydrogens (tertiary/aromatic N) is 2. The fourth-order valence-electron chi connectivity index (χ4n) is 1.89. The Morgan fingerprint density at radius 1 is 1.47 bits per heavy atom. The number of hydrogen-bond donors (Lipinski definition) is 2. The Morgan fingerprint density at radius 3 is 2.82 bits per heavy atom. The zero-order valence-electron chi connectivity index (χ0n) is 10.2. The third-order valence-electron chi connectivity index (χ3n) is 2.92. The van der Waals surface area contributed by atoms with Crippen LogP contribution >= 0.6 is 11.3 Å². The highest BCUT2D eigenvalue weighted by atomic mass is 32.1. The Balaban J connectivity index is 1.99. The summed E-state index contributed by atoms with van der Waals surface area (Å²) < 4.78 is 1.91. The van der Waals surface area contributed by atoms with E-state index in [9.17, 15) is 0 Å². The first-order chi connectivity index (χ1) is 8.20. The van der Waals surface area contributed by atoms with E-state index in [1.54, 1.807) is 11.3 Å². The van der Waals surface area contributed by atoms with E-state index < -0.39 is 0 Å². The highest BCUT2D eigenvalue weighted by molar-refractivity contribution is 7.12. The van der Waals surface area contributed by atoms with Crippen LogP contribution in [0, 0.1) is 6.92 Å². The number of nitrogens with one attached hydrogen (secondary N) is 1. The number of thiophene rings is 1. The monoisotopic (exact) mass is 250 g/mol. The summed E-state index contributed by atoms with van der Waals surface area (Å²) in [6.45, 7) is 2.11. The van der Waals surface area contributed by atoms with E-state index in [0.717, 1.165) is 12.8 Å². The fourth-order valence-corrected chi connectivity index (χ4v) is 2.86. The molecule has 0 aliphatic carbocycles. The van der Waals surface area contributed by atoms with Gasteiger partial charge in [-0.3, -0.25) is 16.0 Å². The number of hydrogen-bond acceptors (Lipinski definition) is 4. The largest absolute Gasteiger partial charge is 0.273 e. The van der Waals surface area contributed by atoms with Crippen LogP contribution in [-0.4, -0.2) is 9.78 Å². The van der Waals surface area contributed by atoms with Gasteiger partial charge in [0.2, 0.25) is 0 Å². The molecule has 1 atom stereocenters. The van der Waals surface area contributed by atoms with E-state index in [0.29, 0.717) is 0 Å². The van der Waals surface area contributed by atoms with E-state index in [2.05, 4.69) is 29.6 Å². The molecule has 5 heteroatoms. The zero-order chi connectivity index (χ0) is 12.3. The molecule has 92 valence electrons. The van der Waals surface area contributed by atoms with Crippen molar-refractivity contribution in [3.05, 3.63) is 39.8 Å². The number of aromatic nitrogens is 2. The van der Waals surface area contributed by atoms with Crippen molar-refractivity contribution >= 4 is 11.3 Å². The Morgan fingerprint density at radius 2 is 2.29 bits per heavy atom. The standard InChI is InChI=1S/C12H18N4S/c1-9-3-6-12(17-9)11(15-13)5-4-10-7-8-14-16(10)2/h3,6-8,11,15H,4-5,13H2,1-2H3. The van der Waals surface area contributed by atoms with Crippen molar-refractivity contribution in [2.24, 2.45) is 12.9 Å². The molecule has 0 aromatic carbocycles. The SMILES string of the molecule is Cc1ccc(C(CCc2ccnn2C)NN)s1. The quantitative estimate of drug-likeness (QED) is 0.630. The second-order valence-electron chi connectivity index (χ2n) is 4.15. The third-order valence-corrected chi connectivity index (χ3v) is 4.03. The number of rotatable bonds is 5. The molecular weight excluding hydrogens is 232 g/mol. The maximum Gasteiger partial charge on any atom is 0.0557 e. The Bertz CT molecular complexity index is 474. The van der Waals surface area contributed by atoms with Crippen LogP contribution in [0.2, 0.25) is 0 Å². The summed E-state index contributed by atoms with van der Waals surface area (Å²) in [5.41, 5.74) is 4.13. The van der Waals surface area contributed by atoms with E-state index in [4.69, 9.17) is 5.84 Å². The minimum atomic E-state index is 0.226. The molecule has 17 heavy (non-hydrogen) atoms. The fraction of sp³-hybridized carbons (Fsp3) is 0.417. The molecule has 4 nitrogen and oxygen atoms in total. The van der Waals surface area contributed by atoms with Crippen LogP contribution in [0.3, 0.4) is 0 Å². The van der Waals surface area contributed by atoms with Gasteiger partial charge in [0.1, 0.15) is 0 Å². The van der Waals surface area contributed by atoms with Crippen molar-refractivity contribution in [3.63, 3.8) is 0 Å². The molecule has 2 aromatic rings. The molecule has 0 aliphatic rings. The molecule has 0 saturated heterocycles. The lowest BCUT2D eigenvalue weighted by Crippen LogP contribution is -2.27. The molecule has 3 N–H and O–H groups in total. The second kappa shape index (κ2) is 5.44. The van der Waals surface area contributed by atoms with Crippen molar-refractivity contribution in [3.8, 4) is 0 Å². The first-order valence-electron chi connectivity index (χ1n) is 5.70. The van der Waals surface area contributed by atoms with Gasteiger partial charge < -0.3 is 0 Å². The molecule has 0 spiro atoms. The van der Waals surface area contributed by atoms with Crippen molar-refractivity contribution in [2.75, 3.05) is 0 Å². The van der Waals surface area contributed by atoms with Gasteiger partial charge in [-0.25, -0.2) is 0 Å². The van der Waals surface area contributed by atoms with Gasteiger partial charge in [-0.2, -0.15) is 5.10 Å². The maximum absolute atomic E-state index is 5.63. The third kappa shape index (κ3) is 2.94. The van der Waals surface area contributed by atoms with Crippen LogP contribution in [0.15, 0.2) is 24.4 Å². The van der Waals surface area contributed by atoms with Gasteiger partial charge in [-0.15, -0.1) is 11.3 Å². The average molecular weight is 250 g/mol. The molecule has 0 bridgehead atoms. The number of aryl methyl sites for hydroxylation is 3.